The zero-order chi connectivity index (χ0) is 15.2. The molecule has 5 heteroatoms. The molecule has 1 aliphatic heterocycles. The summed E-state index contributed by atoms with van der Waals surface area (Å²) in [7, 11) is 0. The molecule has 1 aliphatic rings. The number of hydrogen-bond acceptors (Lipinski definition) is 5. The van der Waals surface area contributed by atoms with Gasteiger partial charge in [0.2, 0.25) is 0 Å². The third kappa shape index (κ3) is 4.06. The molecule has 0 aliphatic carbocycles. The van der Waals surface area contributed by atoms with Crippen LogP contribution in [0.4, 0.5) is 11.6 Å². The molecule has 21 heavy (non-hydrogen) atoms. The molecule has 118 valence electrons. The molecule has 0 bridgehead atoms. The first-order valence-corrected chi connectivity index (χ1v) is 8.11. The van der Waals surface area contributed by atoms with E-state index in [1.54, 1.807) is 0 Å². The number of hydrogen-bond donors (Lipinski definition) is 1. The van der Waals surface area contributed by atoms with Gasteiger partial charge in [0, 0.05) is 31.8 Å². The molecule has 1 fully saturated rings. The van der Waals surface area contributed by atoms with Gasteiger partial charge in [-0.3, -0.25) is 0 Å². The van der Waals surface area contributed by atoms with Gasteiger partial charge in [0.05, 0.1) is 0 Å². The molecule has 0 radical (unpaired) electrons. The average Bonchev–Trinajstić information content (AvgIpc) is 2.48. The summed E-state index contributed by atoms with van der Waals surface area (Å²) in [6.45, 7) is 11.8. The van der Waals surface area contributed by atoms with Gasteiger partial charge in [0.1, 0.15) is 18.2 Å². The molecule has 0 spiro atoms. The predicted molar refractivity (Wildman–Crippen MR) is 86.7 cm³/mol. The van der Waals surface area contributed by atoms with Gasteiger partial charge in [0.25, 0.3) is 0 Å². The number of nitrogens with zero attached hydrogens (tertiary/aromatic N) is 3. The Morgan fingerprint density at radius 1 is 1.33 bits per heavy atom. The molecule has 0 aromatic carbocycles. The van der Waals surface area contributed by atoms with Crippen LogP contribution in [0.3, 0.4) is 0 Å². The predicted octanol–water partition coefficient (Wildman–Crippen LogP) is 3.07. The summed E-state index contributed by atoms with van der Waals surface area (Å²) in [6, 6.07) is 2.58. The van der Waals surface area contributed by atoms with Crippen molar-refractivity contribution in [2.24, 2.45) is 5.92 Å². The quantitative estimate of drug-likeness (QED) is 0.873. The minimum absolute atomic E-state index is 0.473. The fraction of sp³-hybridized carbons (Fsp3) is 0.750. The van der Waals surface area contributed by atoms with E-state index in [0.717, 1.165) is 30.5 Å². The summed E-state index contributed by atoms with van der Waals surface area (Å²) in [6.07, 6.45) is 2.53. The van der Waals surface area contributed by atoms with E-state index in [-0.39, 0.29) is 0 Å². The van der Waals surface area contributed by atoms with Crippen LogP contribution in [-0.4, -0.2) is 35.7 Å². The summed E-state index contributed by atoms with van der Waals surface area (Å²) in [5, 5.41) is 3.30. The molecule has 0 amide bonds. The maximum atomic E-state index is 5.47. The van der Waals surface area contributed by atoms with E-state index in [4.69, 9.17) is 9.72 Å². The second-order valence-electron chi connectivity index (χ2n) is 5.75. The van der Waals surface area contributed by atoms with E-state index >= 15 is 0 Å². The fourth-order valence-corrected chi connectivity index (χ4v) is 2.82. The zero-order valence-corrected chi connectivity index (χ0v) is 13.7. The fourth-order valence-electron chi connectivity index (χ4n) is 2.82. The van der Waals surface area contributed by atoms with Crippen molar-refractivity contribution in [3.63, 3.8) is 0 Å². The van der Waals surface area contributed by atoms with Crippen LogP contribution in [0.25, 0.3) is 0 Å². The topological polar surface area (TPSA) is 50.3 Å². The van der Waals surface area contributed by atoms with Crippen LogP contribution in [0.2, 0.25) is 0 Å². The van der Waals surface area contributed by atoms with Crippen molar-refractivity contribution < 1.29 is 4.74 Å². The Balaban J connectivity index is 2.25. The van der Waals surface area contributed by atoms with Crippen LogP contribution in [0.5, 0.6) is 0 Å². The third-order valence-electron chi connectivity index (χ3n) is 4.22. The third-order valence-corrected chi connectivity index (χ3v) is 4.22. The highest BCUT2D eigenvalue weighted by molar-refractivity contribution is 5.50. The number of nitrogens with one attached hydrogen (secondary N) is 1. The maximum absolute atomic E-state index is 5.47. The molecular weight excluding hydrogens is 264 g/mol. The van der Waals surface area contributed by atoms with Gasteiger partial charge in [-0.2, -0.15) is 0 Å². The molecule has 2 rings (SSSR count). The van der Waals surface area contributed by atoms with E-state index in [1.165, 1.54) is 12.8 Å². The van der Waals surface area contributed by atoms with Crippen molar-refractivity contribution in [1.82, 2.24) is 9.97 Å². The number of piperidine rings is 1. The molecular formula is C16H28N4O. The van der Waals surface area contributed by atoms with E-state index in [9.17, 15) is 0 Å². The van der Waals surface area contributed by atoms with E-state index < -0.39 is 0 Å². The van der Waals surface area contributed by atoms with Gasteiger partial charge in [-0.1, -0.05) is 6.92 Å². The molecule has 1 aromatic rings. The first kappa shape index (κ1) is 16.0. The van der Waals surface area contributed by atoms with Crippen molar-refractivity contribution in [2.75, 3.05) is 29.9 Å². The zero-order valence-electron chi connectivity index (χ0n) is 13.7. The summed E-state index contributed by atoms with van der Waals surface area (Å²) in [5.41, 5.74) is 0. The average molecular weight is 292 g/mol. The molecule has 1 aromatic heterocycles. The van der Waals surface area contributed by atoms with Crippen LogP contribution < -0.4 is 10.2 Å². The Morgan fingerprint density at radius 3 is 2.86 bits per heavy atom. The van der Waals surface area contributed by atoms with Crippen LogP contribution in [-0.2, 0) is 11.3 Å². The lowest BCUT2D eigenvalue weighted by atomic mass is 9.92. The molecule has 2 heterocycles. The first-order chi connectivity index (χ1) is 10.2. The largest absolute Gasteiger partial charge is 0.374 e. The molecule has 1 saturated heterocycles. The minimum Gasteiger partial charge on any atom is -0.374 e. The van der Waals surface area contributed by atoms with Crippen LogP contribution >= 0.6 is 0 Å². The van der Waals surface area contributed by atoms with Crippen molar-refractivity contribution in [2.45, 2.75) is 53.2 Å². The first-order valence-electron chi connectivity index (χ1n) is 8.11. The molecule has 5 nitrogen and oxygen atoms in total. The number of ether oxygens (including phenoxy) is 1. The lowest BCUT2D eigenvalue weighted by Crippen LogP contribution is -2.43. The summed E-state index contributed by atoms with van der Waals surface area (Å²) >= 11 is 0. The molecule has 2 atom stereocenters. The Bertz CT molecular complexity index is 452. The van der Waals surface area contributed by atoms with Gasteiger partial charge in [-0.05, 0) is 39.5 Å². The van der Waals surface area contributed by atoms with E-state index in [0.29, 0.717) is 25.2 Å². The number of aromatic nitrogens is 2. The van der Waals surface area contributed by atoms with Crippen molar-refractivity contribution in [3.8, 4) is 0 Å². The highest BCUT2D eigenvalue weighted by Crippen LogP contribution is 2.28. The maximum Gasteiger partial charge on any atom is 0.158 e. The minimum atomic E-state index is 0.473. The Kier molecular flexibility index (Phi) is 5.79. The molecule has 0 saturated carbocycles. The van der Waals surface area contributed by atoms with Crippen molar-refractivity contribution >= 4 is 11.6 Å². The summed E-state index contributed by atoms with van der Waals surface area (Å²) in [5.74, 6) is 3.37. The SMILES string of the molecule is CCNc1cc(N2CCCC(C)C2C)nc(COCC)n1. The smallest absolute Gasteiger partial charge is 0.158 e. The standard InChI is InChI=1S/C16H28N4O/c1-5-17-14-10-16(19-15(18-14)11-21-6-2)20-9-7-8-12(3)13(20)4/h10,12-13H,5-9,11H2,1-4H3,(H,17,18,19). The Morgan fingerprint density at radius 2 is 2.14 bits per heavy atom. The van der Waals surface area contributed by atoms with E-state index in [1.807, 2.05) is 6.92 Å². The van der Waals surface area contributed by atoms with Crippen LogP contribution in [0.1, 0.15) is 46.4 Å². The van der Waals surface area contributed by atoms with Gasteiger partial charge >= 0.3 is 0 Å². The van der Waals surface area contributed by atoms with Gasteiger partial charge in [-0.25, -0.2) is 9.97 Å². The van der Waals surface area contributed by atoms with Crippen LogP contribution in [0.15, 0.2) is 6.07 Å². The van der Waals surface area contributed by atoms with E-state index in [2.05, 4.69) is 42.0 Å². The van der Waals surface area contributed by atoms with Crippen LogP contribution in [0, 0.1) is 5.92 Å². The van der Waals surface area contributed by atoms with Gasteiger partial charge in [0.15, 0.2) is 5.82 Å². The number of rotatable bonds is 6. The summed E-state index contributed by atoms with van der Waals surface area (Å²) < 4.78 is 5.47. The molecule has 1 N–H and O–H groups in total. The monoisotopic (exact) mass is 292 g/mol. The second-order valence-corrected chi connectivity index (χ2v) is 5.75. The second kappa shape index (κ2) is 7.59. The van der Waals surface area contributed by atoms with Gasteiger partial charge in [-0.15, -0.1) is 0 Å². The van der Waals surface area contributed by atoms with Crippen molar-refractivity contribution in [3.05, 3.63) is 11.9 Å². The summed E-state index contributed by atoms with van der Waals surface area (Å²) in [4.78, 5) is 11.6. The Labute approximate surface area is 128 Å². The lowest BCUT2D eigenvalue weighted by molar-refractivity contribution is 0.128. The van der Waals surface area contributed by atoms with Crippen molar-refractivity contribution in [1.29, 1.82) is 0 Å². The normalized spacial score (nSPS) is 22.4. The highest BCUT2D eigenvalue weighted by Gasteiger charge is 2.26. The lowest BCUT2D eigenvalue weighted by Gasteiger charge is -2.39. The number of anilines is 2. The Hall–Kier alpha value is -1.36. The molecule has 2 unspecified atom stereocenters. The highest BCUT2D eigenvalue weighted by atomic mass is 16.5. The van der Waals surface area contributed by atoms with Gasteiger partial charge < -0.3 is 15.0 Å².